The first-order valence-electron chi connectivity index (χ1n) is 5.83. The van der Waals surface area contributed by atoms with E-state index in [1.165, 1.54) is 37.3 Å². The number of para-hydroxylation sites is 2. The third-order valence-corrected chi connectivity index (χ3v) is 2.32. The first-order valence-corrected chi connectivity index (χ1v) is 5.83. The summed E-state index contributed by atoms with van der Waals surface area (Å²) in [6.45, 7) is 3.02. The third kappa shape index (κ3) is 4.20. The molecule has 0 aliphatic carbocycles. The van der Waals surface area contributed by atoms with Crippen molar-refractivity contribution in [1.82, 2.24) is 0 Å². The van der Waals surface area contributed by atoms with E-state index in [2.05, 4.69) is 5.32 Å². The fourth-order valence-electron chi connectivity index (χ4n) is 1.38. The number of hydrogen-bond donors (Lipinski definition) is 1. The van der Waals surface area contributed by atoms with Crippen LogP contribution in [0, 0.1) is 10.1 Å². The maximum atomic E-state index is 11.8. The number of allylic oxidation sites excluding steroid dienone is 1. The van der Waals surface area contributed by atoms with Crippen molar-refractivity contribution in [1.29, 1.82) is 0 Å². The summed E-state index contributed by atoms with van der Waals surface area (Å²) in [7, 11) is 0. The molecule has 0 saturated heterocycles. The first kappa shape index (κ1) is 15.4. The van der Waals surface area contributed by atoms with E-state index in [9.17, 15) is 19.7 Å². The lowest BCUT2D eigenvalue weighted by Gasteiger charge is -2.12. The number of hydrogen-bond acceptors (Lipinski definition) is 5. The molecule has 0 spiro atoms. The molecule has 106 valence electrons. The highest BCUT2D eigenvalue weighted by molar-refractivity contribution is 5.97. The van der Waals surface area contributed by atoms with Gasteiger partial charge in [0.05, 0.1) is 4.92 Å². The van der Waals surface area contributed by atoms with Crippen molar-refractivity contribution in [3.63, 3.8) is 0 Å². The topological polar surface area (TPSA) is 98.5 Å². The van der Waals surface area contributed by atoms with Gasteiger partial charge in [0.25, 0.3) is 11.6 Å². The molecule has 1 aromatic rings. The second-order valence-electron chi connectivity index (χ2n) is 3.84. The lowest BCUT2D eigenvalue weighted by molar-refractivity contribution is -0.383. The summed E-state index contributed by atoms with van der Waals surface area (Å²) in [6.07, 6.45) is 1.60. The predicted octanol–water partition coefficient (Wildman–Crippen LogP) is 2.04. The van der Waals surface area contributed by atoms with Crippen LogP contribution < -0.4 is 5.32 Å². The Hall–Kier alpha value is -2.70. The number of anilines is 1. The van der Waals surface area contributed by atoms with Gasteiger partial charge >= 0.3 is 5.97 Å². The maximum Gasteiger partial charge on any atom is 0.331 e. The summed E-state index contributed by atoms with van der Waals surface area (Å²) in [5.74, 6) is -1.30. The zero-order chi connectivity index (χ0) is 15.1. The molecule has 0 bridgehead atoms. The molecule has 0 aliphatic heterocycles. The summed E-state index contributed by atoms with van der Waals surface area (Å²) in [5, 5.41) is 13.2. The van der Waals surface area contributed by atoms with Gasteiger partial charge in [-0.25, -0.2) is 4.79 Å². The number of nitrogens with zero attached hydrogens (tertiary/aromatic N) is 1. The Morgan fingerprint density at radius 2 is 2.05 bits per heavy atom. The molecule has 7 nitrogen and oxygen atoms in total. The highest BCUT2D eigenvalue weighted by Crippen LogP contribution is 2.23. The lowest BCUT2D eigenvalue weighted by atomic mass is 10.2. The average molecular weight is 278 g/mol. The van der Waals surface area contributed by atoms with Gasteiger partial charge in [-0.15, -0.1) is 0 Å². The Labute approximate surface area is 115 Å². The summed E-state index contributed by atoms with van der Waals surface area (Å²) in [4.78, 5) is 33.2. The van der Waals surface area contributed by atoms with Crippen LogP contribution in [0.5, 0.6) is 0 Å². The Kier molecular flexibility index (Phi) is 5.40. The minimum atomic E-state index is -1.06. The standard InChI is InChI=1S/C13H14N2O5/c1-3-6-12(16)20-9(2)13(17)14-10-7-4-5-8-11(10)15(18)19/h3-9H,1-2H3,(H,14,17)/b6-3+. The van der Waals surface area contributed by atoms with Crippen molar-refractivity contribution >= 4 is 23.3 Å². The van der Waals surface area contributed by atoms with E-state index in [1.807, 2.05) is 0 Å². The summed E-state index contributed by atoms with van der Waals surface area (Å²) < 4.78 is 4.82. The van der Waals surface area contributed by atoms with Crippen molar-refractivity contribution in [2.75, 3.05) is 5.32 Å². The molecule has 1 amide bonds. The molecule has 0 fully saturated rings. The van der Waals surface area contributed by atoms with Crippen LogP contribution in [0.2, 0.25) is 0 Å². The highest BCUT2D eigenvalue weighted by atomic mass is 16.6. The monoisotopic (exact) mass is 278 g/mol. The molecular formula is C13H14N2O5. The molecule has 0 radical (unpaired) electrons. The first-order chi connectivity index (χ1) is 9.45. The second kappa shape index (κ2) is 7.03. The molecule has 1 aromatic carbocycles. The van der Waals surface area contributed by atoms with Crippen LogP contribution in [0.3, 0.4) is 0 Å². The van der Waals surface area contributed by atoms with E-state index in [1.54, 1.807) is 13.0 Å². The Morgan fingerprint density at radius 1 is 1.40 bits per heavy atom. The number of esters is 1. The van der Waals surface area contributed by atoms with Gasteiger partial charge in [-0.3, -0.25) is 14.9 Å². The van der Waals surface area contributed by atoms with Crippen LogP contribution in [0.1, 0.15) is 13.8 Å². The van der Waals surface area contributed by atoms with Gasteiger partial charge in [0, 0.05) is 12.1 Å². The zero-order valence-electron chi connectivity index (χ0n) is 11.0. The molecule has 1 N–H and O–H groups in total. The lowest BCUT2D eigenvalue weighted by Crippen LogP contribution is -2.29. The van der Waals surface area contributed by atoms with Gasteiger partial charge in [-0.2, -0.15) is 0 Å². The summed E-state index contributed by atoms with van der Waals surface area (Å²) >= 11 is 0. The molecule has 0 aromatic heterocycles. The van der Waals surface area contributed by atoms with Gasteiger partial charge < -0.3 is 10.1 Å². The van der Waals surface area contributed by atoms with E-state index in [-0.39, 0.29) is 11.4 Å². The van der Waals surface area contributed by atoms with Gasteiger partial charge in [0.1, 0.15) is 5.69 Å². The van der Waals surface area contributed by atoms with Crippen molar-refractivity contribution < 1.29 is 19.2 Å². The smallest absolute Gasteiger partial charge is 0.331 e. The summed E-state index contributed by atoms with van der Waals surface area (Å²) in [5.41, 5.74) is -0.177. The minimum Gasteiger partial charge on any atom is -0.449 e. The molecule has 0 aliphatic rings. The molecule has 7 heteroatoms. The van der Waals surface area contributed by atoms with E-state index in [4.69, 9.17) is 4.74 Å². The molecule has 20 heavy (non-hydrogen) atoms. The van der Waals surface area contributed by atoms with Crippen LogP contribution in [0.15, 0.2) is 36.4 Å². The Morgan fingerprint density at radius 3 is 2.65 bits per heavy atom. The van der Waals surface area contributed by atoms with Crippen molar-refractivity contribution in [2.24, 2.45) is 0 Å². The largest absolute Gasteiger partial charge is 0.449 e. The number of ether oxygens (including phenoxy) is 1. The normalized spacial score (nSPS) is 11.9. The number of nitro benzene ring substituents is 1. The number of amides is 1. The molecule has 0 saturated carbocycles. The number of benzene rings is 1. The third-order valence-electron chi connectivity index (χ3n) is 2.32. The highest BCUT2D eigenvalue weighted by Gasteiger charge is 2.20. The quantitative estimate of drug-likeness (QED) is 0.384. The summed E-state index contributed by atoms with van der Waals surface area (Å²) in [6, 6.07) is 5.71. The number of nitro groups is 1. The van der Waals surface area contributed by atoms with Crippen LogP contribution in [-0.2, 0) is 14.3 Å². The van der Waals surface area contributed by atoms with Crippen molar-refractivity contribution in [3.8, 4) is 0 Å². The van der Waals surface area contributed by atoms with Gasteiger partial charge in [0.2, 0.25) is 0 Å². The molecule has 1 rings (SSSR count). The molecule has 1 atom stereocenters. The van der Waals surface area contributed by atoms with Crippen LogP contribution in [0.25, 0.3) is 0 Å². The SMILES string of the molecule is C/C=C/C(=O)OC(C)C(=O)Nc1ccccc1[N+](=O)[O-]. The zero-order valence-corrected chi connectivity index (χ0v) is 11.0. The van der Waals surface area contributed by atoms with Crippen LogP contribution in [-0.4, -0.2) is 22.9 Å². The number of nitrogens with one attached hydrogen (secondary N) is 1. The Balaban J connectivity index is 2.76. The number of carbonyl (C=O) groups excluding carboxylic acids is 2. The maximum absolute atomic E-state index is 11.8. The van der Waals surface area contributed by atoms with Crippen LogP contribution in [0.4, 0.5) is 11.4 Å². The van der Waals surface area contributed by atoms with Gasteiger partial charge in [0.15, 0.2) is 6.10 Å². The van der Waals surface area contributed by atoms with E-state index < -0.39 is 22.9 Å². The number of rotatable bonds is 5. The molecular weight excluding hydrogens is 264 g/mol. The van der Waals surface area contributed by atoms with Crippen molar-refractivity contribution in [3.05, 3.63) is 46.5 Å². The molecule has 0 heterocycles. The second-order valence-corrected chi connectivity index (χ2v) is 3.84. The minimum absolute atomic E-state index is 0.0523. The fourth-order valence-corrected chi connectivity index (χ4v) is 1.38. The van der Waals surface area contributed by atoms with E-state index in [0.29, 0.717) is 0 Å². The number of carbonyl (C=O) groups is 2. The Bertz CT molecular complexity index is 553. The van der Waals surface area contributed by atoms with Gasteiger partial charge in [-0.1, -0.05) is 18.2 Å². The van der Waals surface area contributed by atoms with Gasteiger partial charge in [-0.05, 0) is 19.9 Å². The molecule has 1 unspecified atom stereocenters. The van der Waals surface area contributed by atoms with E-state index in [0.717, 1.165) is 0 Å². The van der Waals surface area contributed by atoms with E-state index >= 15 is 0 Å². The average Bonchev–Trinajstić information content (AvgIpc) is 2.39. The fraction of sp³-hybridized carbons (Fsp3) is 0.231. The van der Waals surface area contributed by atoms with Crippen LogP contribution >= 0.6 is 0 Å². The van der Waals surface area contributed by atoms with Crippen molar-refractivity contribution in [2.45, 2.75) is 20.0 Å². The predicted molar refractivity (Wildman–Crippen MR) is 72.1 cm³/mol.